The molecular weight excluding hydrogens is 524 g/mol. The first kappa shape index (κ1) is 23.8. The first-order valence-corrected chi connectivity index (χ1v) is 12.7. The Kier molecular flexibility index (Phi) is 6.59. The fraction of sp³-hybridized carbons (Fsp3) is 0.0833. The zero-order valence-corrected chi connectivity index (χ0v) is 20.8. The summed E-state index contributed by atoms with van der Waals surface area (Å²) in [5.74, 6) is -0.921. The maximum absolute atomic E-state index is 13.1. The van der Waals surface area contributed by atoms with Crippen molar-refractivity contribution < 1.29 is 19.1 Å². The van der Waals surface area contributed by atoms with E-state index >= 15 is 0 Å². The van der Waals surface area contributed by atoms with Crippen LogP contribution in [-0.4, -0.2) is 31.1 Å². The number of hydrogen-bond acceptors (Lipinski definition) is 9. The van der Waals surface area contributed by atoms with Gasteiger partial charge >= 0.3 is 5.91 Å². The number of thiophene rings is 2. The second-order valence-corrected chi connectivity index (χ2v) is 10.2. The molecule has 5 aromatic heterocycles. The molecule has 0 saturated carbocycles. The van der Waals surface area contributed by atoms with Gasteiger partial charge in [0.05, 0.1) is 29.4 Å². The minimum absolute atomic E-state index is 0.0719. The van der Waals surface area contributed by atoms with Crippen molar-refractivity contribution in [2.45, 2.75) is 13.1 Å². The molecule has 0 unspecified atom stereocenters. The second-order valence-electron chi connectivity index (χ2n) is 7.60. The van der Waals surface area contributed by atoms with Crippen LogP contribution in [0.3, 0.4) is 0 Å². The fourth-order valence-electron chi connectivity index (χ4n) is 3.52. The lowest BCUT2D eigenvalue weighted by molar-refractivity contribution is 0.0918. The minimum Gasteiger partial charge on any atom is -0.503 e. The van der Waals surface area contributed by atoms with Gasteiger partial charge in [0.1, 0.15) is 11.5 Å². The van der Waals surface area contributed by atoms with E-state index in [0.717, 1.165) is 14.1 Å². The van der Waals surface area contributed by atoms with E-state index in [1.165, 1.54) is 47.1 Å². The average Bonchev–Trinajstić information content (AvgIpc) is 3.67. The van der Waals surface area contributed by atoms with Crippen LogP contribution in [0.2, 0.25) is 4.34 Å². The molecule has 0 fully saturated rings. The highest BCUT2D eigenvalue weighted by atomic mass is 35.5. The van der Waals surface area contributed by atoms with Crippen LogP contribution in [0.1, 0.15) is 25.8 Å². The predicted octanol–water partition coefficient (Wildman–Crippen LogP) is 4.97. The van der Waals surface area contributed by atoms with Gasteiger partial charge in [0.15, 0.2) is 17.3 Å². The number of halogens is 1. The number of Topliss-reactive ketones (excluding diaryl/α,β-unsaturated/α-hetero) is 1. The molecule has 5 aromatic rings. The van der Waals surface area contributed by atoms with Gasteiger partial charge in [0.25, 0.3) is 5.56 Å². The molecule has 0 aliphatic heterocycles. The van der Waals surface area contributed by atoms with E-state index in [9.17, 15) is 19.5 Å². The predicted molar refractivity (Wildman–Crippen MR) is 137 cm³/mol. The fourth-order valence-corrected chi connectivity index (χ4v) is 5.21. The Hall–Kier alpha value is -3.93. The van der Waals surface area contributed by atoms with E-state index < -0.39 is 17.2 Å². The Balaban J connectivity index is 1.56. The summed E-state index contributed by atoms with van der Waals surface area (Å²) in [4.78, 5) is 39.6. The van der Waals surface area contributed by atoms with Gasteiger partial charge in [-0.3, -0.25) is 19.0 Å². The van der Waals surface area contributed by atoms with Crippen molar-refractivity contribution in [3.8, 4) is 17.1 Å². The zero-order chi connectivity index (χ0) is 25.2. The number of aromatic hydroxyl groups is 1. The van der Waals surface area contributed by atoms with E-state index in [1.807, 2.05) is 6.07 Å². The largest absolute Gasteiger partial charge is 0.503 e. The lowest BCUT2D eigenvalue weighted by Gasteiger charge is -2.10. The molecule has 0 atom stereocenters. The van der Waals surface area contributed by atoms with Crippen molar-refractivity contribution >= 4 is 51.8 Å². The smallest absolute Gasteiger partial charge is 0.315 e. The Morgan fingerprint density at radius 1 is 1.17 bits per heavy atom. The number of pyridine rings is 1. The van der Waals surface area contributed by atoms with E-state index in [4.69, 9.17) is 16.0 Å². The summed E-state index contributed by atoms with van der Waals surface area (Å²) >= 11 is 8.78. The molecule has 0 aromatic carbocycles. The Morgan fingerprint density at radius 2 is 2.03 bits per heavy atom. The Labute approximate surface area is 216 Å². The highest BCUT2D eigenvalue weighted by molar-refractivity contribution is 7.16. The maximum atomic E-state index is 13.1. The quantitative estimate of drug-likeness (QED) is 0.267. The molecule has 2 N–H and O–H groups in total. The van der Waals surface area contributed by atoms with Gasteiger partial charge in [0, 0.05) is 21.9 Å². The molecule has 0 saturated heterocycles. The molecule has 0 aliphatic rings. The van der Waals surface area contributed by atoms with Crippen LogP contribution >= 0.6 is 34.3 Å². The monoisotopic (exact) mass is 540 g/mol. The van der Waals surface area contributed by atoms with Gasteiger partial charge in [-0.25, -0.2) is 0 Å². The molecule has 0 spiro atoms. The molecule has 0 amide bonds. The van der Waals surface area contributed by atoms with E-state index in [1.54, 1.807) is 35.0 Å². The number of ketones is 1. The summed E-state index contributed by atoms with van der Waals surface area (Å²) in [7, 11) is 0. The topological polar surface area (TPSA) is 119 Å². The van der Waals surface area contributed by atoms with Crippen molar-refractivity contribution in [2.75, 3.05) is 5.32 Å². The van der Waals surface area contributed by atoms with Crippen molar-refractivity contribution in [1.29, 1.82) is 0 Å². The highest BCUT2D eigenvalue weighted by Gasteiger charge is 2.22. The maximum Gasteiger partial charge on any atom is 0.315 e. The summed E-state index contributed by atoms with van der Waals surface area (Å²) in [6.07, 6.45) is 1.38. The number of carbonyl (C=O) groups is 2. The zero-order valence-electron chi connectivity index (χ0n) is 18.4. The molecule has 182 valence electrons. The van der Waals surface area contributed by atoms with Crippen molar-refractivity contribution in [3.63, 3.8) is 0 Å². The standard InChI is InChI=1S/C24H17ClN4O5S2/c25-21-6-3-15(36-21)11-26-22-10-16(27-29(22)24(33)20-2-1-8-34-20)17-4-5-18(30)23(32)28(17)12-19(31)14-7-9-35-13-14/h1-10,13,26,30H,11-12H2. The van der Waals surface area contributed by atoms with Crippen LogP contribution in [0.5, 0.6) is 5.75 Å². The van der Waals surface area contributed by atoms with Gasteiger partial charge in [0.2, 0.25) is 0 Å². The number of nitrogens with zero attached hydrogens (tertiary/aromatic N) is 3. The number of aromatic nitrogens is 3. The van der Waals surface area contributed by atoms with Gasteiger partial charge < -0.3 is 14.8 Å². The van der Waals surface area contributed by atoms with Crippen molar-refractivity contribution in [2.24, 2.45) is 0 Å². The van der Waals surface area contributed by atoms with E-state index in [0.29, 0.717) is 22.3 Å². The number of rotatable bonds is 8. The molecule has 9 nitrogen and oxygen atoms in total. The van der Waals surface area contributed by atoms with Gasteiger partial charge in [-0.15, -0.1) is 11.3 Å². The lowest BCUT2D eigenvalue weighted by atomic mass is 10.2. The van der Waals surface area contributed by atoms with E-state index in [2.05, 4.69) is 10.4 Å². The first-order valence-electron chi connectivity index (χ1n) is 10.6. The molecule has 0 aliphatic carbocycles. The van der Waals surface area contributed by atoms with Crippen LogP contribution in [0.25, 0.3) is 11.4 Å². The lowest BCUT2D eigenvalue weighted by Crippen LogP contribution is -2.25. The second kappa shape index (κ2) is 9.97. The van der Waals surface area contributed by atoms with Gasteiger partial charge in [-0.05, 0) is 47.8 Å². The molecule has 0 radical (unpaired) electrons. The Bertz CT molecular complexity index is 1600. The summed E-state index contributed by atoms with van der Waals surface area (Å²) in [6, 6.07) is 12.7. The molecular formula is C24H17ClN4O5S2. The third-order valence-corrected chi connectivity index (χ3v) is 7.18. The summed E-state index contributed by atoms with van der Waals surface area (Å²) in [6.45, 7) is 0.0573. The highest BCUT2D eigenvalue weighted by Crippen LogP contribution is 2.26. The third-order valence-electron chi connectivity index (χ3n) is 5.27. The van der Waals surface area contributed by atoms with Gasteiger partial charge in [-0.1, -0.05) is 11.6 Å². The van der Waals surface area contributed by atoms with Crippen molar-refractivity contribution in [3.05, 3.63) is 96.4 Å². The number of carbonyl (C=O) groups excluding carboxylic acids is 2. The van der Waals surface area contributed by atoms with Crippen LogP contribution in [-0.2, 0) is 13.1 Å². The number of anilines is 1. The van der Waals surface area contributed by atoms with Gasteiger partial charge in [-0.2, -0.15) is 21.1 Å². The summed E-state index contributed by atoms with van der Waals surface area (Å²) in [5.41, 5.74) is 0.217. The molecule has 5 heterocycles. The van der Waals surface area contributed by atoms with E-state index in [-0.39, 0.29) is 29.5 Å². The molecule has 12 heteroatoms. The number of hydrogen-bond donors (Lipinski definition) is 2. The number of furan rings is 1. The number of nitrogens with one attached hydrogen (secondary N) is 1. The first-order chi connectivity index (χ1) is 17.4. The third kappa shape index (κ3) is 4.76. The summed E-state index contributed by atoms with van der Waals surface area (Å²) < 4.78 is 8.16. The minimum atomic E-state index is -0.745. The molecule has 36 heavy (non-hydrogen) atoms. The van der Waals surface area contributed by atoms with Crippen LogP contribution in [0.15, 0.2) is 74.8 Å². The summed E-state index contributed by atoms with van der Waals surface area (Å²) in [5, 5.41) is 21.1. The van der Waals surface area contributed by atoms with Crippen LogP contribution in [0.4, 0.5) is 5.82 Å². The molecule has 0 bridgehead atoms. The van der Waals surface area contributed by atoms with Crippen LogP contribution < -0.4 is 10.9 Å². The van der Waals surface area contributed by atoms with Crippen LogP contribution in [0, 0.1) is 0 Å². The van der Waals surface area contributed by atoms with Crippen molar-refractivity contribution in [1.82, 2.24) is 14.3 Å². The SMILES string of the molecule is O=C(Cn1c(-c2cc(NCc3ccc(Cl)s3)n(C(=O)c3ccco3)n2)ccc(O)c1=O)c1ccsc1. The normalized spacial score (nSPS) is 11.0. The Morgan fingerprint density at radius 3 is 2.72 bits per heavy atom. The molecule has 5 rings (SSSR count). The average molecular weight is 541 g/mol.